The van der Waals surface area contributed by atoms with Crippen molar-refractivity contribution in [2.75, 3.05) is 13.2 Å². The molecule has 6 heteroatoms. The Balaban J connectivity index is 4.35. The van der Waals surface area contributed by atoms with E-state index >= 15 is 0 Å². The topological polar surface area (TPSA) is 78.9 Å². The molecule has 6 nitrogen and oxygen atoms in total. The van der Waals surface area contributed by atoms with Gasteiger partial charge in [0.05, 0.1) is 0 Å². The average Bonchev–Trinajstić information content (AvgIpc) is 3.15. The summed E-state index contributed by atoms with van der Waals surface area (Å²) in [6.45, 7) is 11.3. The van der Waals surface area contributed by atoms with E-state index in [9.17, 15) is 14.4 Å². The summed E-state index contributed by atoms with van der Waals surface area (Å²) in [4.78, 5) is 37.8. The molecule has 0 radical (unpaired) electrons. The molecular formula is C48H92O6. The largest absolute Gasteiger partial charge is 0.462 e. The van der Waals surface area contributed by atoms with Crippen molar-refractivity contribution in [3.8, 4) is 0 Å². The normalized spacial score (nSPS) is 12.6. The van der Waals surface area contributed by atoms with E-state index in [1.807, 2.05) is 0 Å². The third kappa shape index (κ3) is 40.1. The van der Waals surface area contributed by atoms with Crippen molar-refractivity contribution in [3.63, 3.8) is 0 Å². The third-order valence-electron chi connectivity index (χ3n) is 11.1. The Morgan fingerprint density at radius 2 is 0.704 bits per heavy atom. The van der Waals surface area contributed by atoms with Gasteiger partial charge in [-0.15, -0.1) is 0 Å². The molecule has 0 aromatic carbocycles. The van der Waals surface area contributed by atoms with Crippen LogP contribution in [0.2, 0.25) is 0 Å². The minimum absolute atomic E-state index is 0.0648. The Hall–Kier alpha value is -1.59. The molecule has 0 heterocycles. The van der Waals surface area contributed by atoms with Crippen LogP contribution < -0.4 is 0 Å². The molecule has 0 aliphatic heterocycles. The van der Waals surface area contributed by atoms with Gasteiger partial charge in [-0.1, -0.05) is 221 Å². The number of hydrogen-bond acceptors (Lipinski definition) is 6. The van der Waals surface area contributed by atoms with Crippen LogP contribution in [0.1, 0.15) is 259 Å². The minimum Gasteiger partial charge on any atom is -0.462 e. The first-order valence-corrected chi connectivity index (χ1v) is 23.8. The fourth-order valence-electron chi connectivity index (χ4n) is 7.07. The third-order valence-corrected chi connectivity index (χ3v) is 11.1. The summed E-state index contributed by atoms with van der Waals surface area (Å²) in [5.41, 5.74) is 0. The van der Waals surface area contributed by atoms with Gasteiger partial charge >= 0.3 is 17.9 Å². The van der Waals surface area contributed by atoms with Crippen LogP contribution in [0.15, 0.2) is 0 Å². The second-order valence-corrected chi connectivity index (χ2v) is 17.1. The standard InChI is InChI=1S/C48H92O6/c1-6-8-9-10-11-12-13-14-17-23-28-33-38-46(49)52-41-45(54-48(51)40-35-30-25-18-15-16-21-26-31-36-43(3)4)42-53-47(50)39-34-29-24-20-19-22-27-32-37-44(5)7-2/h43-45H,6-42H2,1-5H3/t44?,45-/m0/s1. The van der Waals surface area contributed by atoms with E-state index in [0.717, 1.165) is 69.6 Å². The molecule has 0 rings (SSSR count). The van der Waals surface area contributed by atoms with Gasteiger partial charge in [0, 0.05) is 19.3 Å². The number of rotatable bonds is 42. The molecule has 54 heavy (non-hydrogen) atoms. The van der Waals surface area contributed by atoms with Gasteiger partial charge in [-0.05, 0) is 31.1 Å². The summed E-state index contributed by atoms with van der Waals surface area (Å²) >= 11 is 0. The van der Waals surface area contributed by atoms with Crippen LogP contribution in [0.4, 0.5) is 0 Å². The van der Waals surface area contributed by atoms with Gasteiger partial charge in [-0.25, -0.2) is 0 Å². The molecule has 1 unspecified atom stereocenters. The van der Waals surface area contributed by atoms with Crippen molar-refractivity contribution in [2.45, 2.75) is 265 Å². The lowest BCUT2D eigenvalue weighted by atomic mass is 9.99. The van der Waals surface area contributed by atoms with E-state index in [-0.39, 0.29) is 31.1 Å². The lowest BCUT2D eigenvalue weighted by Gasteiger charge is -2.18. The zero-order chi connectivity index (χ0) is 39.7. The Morgan fingerprint density at radius 3 is 1.06 bits per heavy atom. The maximum atomic E-state index is 12.7. The van der Waals surface area contributed by atoms with Gasteiger partial charge in [0.1, 0.15) is 13.2 Å². The summed E-state index contributed by atoms with van der Waals surface area (Å²) in [6, 6.07) is 0. The number of carbonyl (C=O) groups is 3. The van der Waals surface area contributed by atoms with Gasteiger partial charge in [-0.3, -0.25) is 14.4 Å². The molecule has 0 spiro atoms. The fraction of sp³-hybridized carbons (Fsp3) is 0.938. The molecule has 0 saturated heterocycles. The molecular weight excluding hydrogens is 673 g/mol. The number of unbranched alkanes of at least 4 members (excludes halogenated alkanes) is 26. The molecule has 0 aromatic heterocycles. The first kappa shape index (κ1) is 52.4. The van der Waals surface area contributed by atoms with Crippen LogP contribution in [0.5, 0.6) is 0 Å². The Labute approximate surface area is 336 Å². The predicted octanol–water partition coefficient (Wildman–Crippen LogP) is 15.0. The van der Waals surface area contributed by atoms with Gasteiger partial charge in [0.15, 0.2) is 6.10 Å². The van der Waals surface area contributed by atoms with Gasteiger partial charge in [0.25, 0.3) is 0 Å². The van der Waals surface area contributed by atoms with Gasteiger partial charge < -0.3 is 14.2 Å². The molecule has 0 aliphatic carbocycles. The Bertz CT molecular complexity index is 826. The summed E-state index contributed by atoms with van der Waals surface area (Å²) in [6.07, 6.45) is 39.4. The first-order valence-electron chi connectivity index (χ1n) is 23.8. The average molecular weight is 765 g/mol. The van der Waals surface area contributed by atoms with E-state index in [1.54, 1.807) is 0 Å². The van der Waals surface area contributed by atoms with Crippen LogP contribution in [0.25, 0.3) is 0 Å². The highest BCUT2D eigenvalue weighted by Crippen LogP contribution is 2.17. The number of ether oxygens (including phenoxy) is 3. The summed E-state index contributed by atoms with van der Waals surface area (Å²) in [5, 5.41) is 0. The Kier molecular flexibility index (Phi) is 39.8. The maximum absolute atomic E-state index is 12.7. The van der Waals surface area contributed by atoms with E-state index in [4.69, 9.17) is 14.2 Å². The monoisotopic (exact) mass is 765 g/mol. The van der Waals surface area contributed by atoms with Crippen LogP contribution in [-0.4, -0.2) is 37.2 Å². The number of esters is 3. The number of carbonyl (C=O) groups excluding carboxylic acids is 3. The first-order chi connectivity index (χ1) is 26.3. The molecule has 0 aliphatic rings. The number of hydrogen-bond donors (Lipinski definition) is 0. The van der Waals surface area contributed by atoms with E-state index in [2.05, 4.69) is 34.6 Å². The van der Waals surface area contributed by atoms with Crippen molar-refractivity contribution < 1.29 is 28.6 Å². The van der Waals surface area contributed by atoms with Crippen LogP contribution in [-0.2, 0) is 28.6 Å². The fourth-order valence-corrected chi connectivity index (χ4v) is 7.07. The van der Waals surface area contributed by atoms with Crippen molar-refractivity contribution in [1.82, 2.24) is 0 Å². The van der Waals surface area contributed by atoms with E-state index in [1.165, 1.54) is 148 Å². The minimum atomic E-state index is -0.761. The second-order valence-electron chi connectivity index (χ2n) is 17.1. The molecule has 2 atom stereocenters. The zero-order valence-corrected chi connectivity index (χ0v) is 36.8. The quantitative estimate of drug-likeness (QED) is 0.0350. The highest BCUT2D eigenvalue weighted by atomic mass is 16.6. The van der Waals surface area contributed by atoms with Crippen molar-refractivity contribution >= 4 is 17.9 Å². The molecule has 0 N–H and O–H groups in total. The van der Waals surface area contributed by atoms with Gasteiger partial charge in [-0.2, -0.15) is 0 Å². The predicted molar refractivity (Wildman–Crippen MR) is 229 cm³/mol. The van der Waals surface area contributed by atoms with Crippen LogP contribution in [0, 0.1) is 11.8 Å². The molecule has 0 bridgehead atoms. The lowest BCUT2D eigenvalue weighted by molar-refractivity contribution is -0.167. The Morgan fingerprint density at radius 1 is 0.389 bits per heavy atom. The molecule has 0 amide bonds. The van der Waals surface area contributed by atoms with Gasteiger partial charge in [0.2, 0.25) is 0 Å². The second kappa shape index (κ2) is 41.1. The molecule has 0 saturated carbocycles. The summed E-state index contributed by atoms with van der Waals surface area (Å²) < 4.78 is 16.7. The SMILES string of the molecule is CCCCCCCCCCCCCCC(=O)OC[C@@H](COC(=O)CCCCCCCCCCC(C)CC)OC(=O)CCCCCCCCCCCC(C)C. The van der Waals surface area contributed by atoms with Crippen LogP contribution in [0.3, 0.4) is 0 Å². The van der Waals surface area contributed by atoms with E-state index in [0.29, 0.717) is 19.3 Å². The maximum Gasteiger partial charge on any atom is 0.306 e. The summed E-state index contributed by atoms with van der Waals surface area (Å²) in [7, 11) is 0. The highest BCUT2D eigenvalue weighted by Gasteiger charge is 2.19. The smallest absolute Gasteiger partial charge is 0.306 e. The van der Waals surface area contributed by atoms with Crippen molar-refractivity contribution in [3.05, 3.63) is 0 Å². The van der Waals surface area contributed by atoms with Crippen molar-refractivity contribution in [1.29, 1.82) is 0 Å². The lowest BCUT2D eigenvalue weighted by Crippen LogP contribution is -2.30. The van der Waals surface area contributed by atoms with Crippen LogP contribution >= 0.6 is 0 Å². The molecule has 0 aromatic rings. The van der Waals surface area contributed by atoms with Crippen molar-refractivity contribution in [2.24, 2.45) is 11.8 Å². The molecule has 0 fully saturated rings. The summed E-state index contributed by atoms with van der Waals surface area (Å²) in [5.74, 6) is 0.797. The zero-order valence-electron chi connectivity index (χ0n) is 36.8. The molecule has 320 valence electrons. The van der Waals surface area contributed by atoms with E-state index < -0.39 is 6.10 Å². The highest BCUT2D eigenvalue weighted by molar-refractivity contribution is 5.71.